The lowest BCUT2D eigenvalue weighted by molar-refractivity contribution is -0.168. The summed E-state index contributed by atoms with van der Waals surface area (Å²) in [5, 5.41) is 2.83. The molecule has 0 aliphatic carbocycles. The zero-order chi connectivity index (χ0) is 21.0. The number of carbonyl (C=O) groups is 3. The molecule has 2 aliphatic rings. The molecular weight excluding hydrogens is 376 g/mol. The molecule has 0 aromatic heterocycles. The molecule has 3 unspecified atom stereocenters. The number of rotatable bonds is 5. The molecule has 1 aromatic carbocycles. The molecule has 158 valence electrons. The number of amides is 2. The molecule has 1 N–H and O–H groups in total. The number of hydrogen-bond acceptors (Lipinski definition) is 6. The van der Waals surface area contributed by atoms with E-state index in [2.05, 4.69) is 5.32 Å². The minimum atomic E-state index is -0.858. The van der Waals surface area contributed by atoms with E-state index < -0.39 is 36.0 Å². The topological polar surface area (TPSA) is 94.2 Å². The van der Waals surface area contributed by atoms with E-state index in [0.717, 1.165) is 5.56 Å². The molecule has 2 saturated heterocycles. The Hall–Kier alpha value is -2.61. The molecule has 8 nitrogen and oxygen atoms in total. The number of likely N-dealkylation sites (tertiary alicyclic amines) is 1. The largest absolute Gasteiger partial charge is 0.444 e. The van der Waals surface area contributed by atoms with Crippen molar-refractivity contribution in [2.24, 2.45) is 0 Å². The minimum absolute atomic E-state index is 0.0321. The van der Waals surface area contributed by atoms with Gasteiger partial charge in [-0.3, -0.25) is 14.5 Å². The van der Waals surface area contributed by atoms with E-state index in [-0.39, 0.29) is 18.9 Å². The fraction of sp³-hybridized carbons (Fsp3) is 0.571. The summed E-state index contributed by atoms with van der Waals surface area (Å²) in [5.74, 6) is -0.756. The number of ether oxygens (including phenoxy) is 3. The summed E-state index contributed by atoms with van der Waals surface area (Å²) in [7, 11) is 0. The van der Waals surface area contributed by atoms with Crippen LogP contribution in [0.15, 0.2) is 30.3 Å². The number of benzene rings is 1. The number of nitrogens with zero attached hydrogens (tertiary/aromatic N) is 1. The molecule has 0 spiro atoms. The monoisotopic (exact) mass is 404 g/mol. The van der Waals surface area contributed by atoms with Gasteiger partial charge in [-0.2, -0.15) is 0 Å². The highest BCUT2D eigenvalue weighted by Gasteiger charge is 2.41. The zero-order valence-electron chi connectivity index (χ0n) is 17.1. The first-order valence-corrected chi connectivity index (χ1v) is 9.88. The van der Waals surface area contributed by atoms with E-state index in [0.29, 0.717) is 19.4 Å². The molecule has 0 radical (unpaired) electrons. The standard InChI is InChI=1S/C21H28N2O6/c1-21(2,3)29-20(26)23-11-7-10-16(23)18(25)22-15-12-17(24)28-19(15)27-13-14-8-5-4-6-9-14/h4-6,8-9,15-16,19H,7,10-13H2,1-3H3,(H,22,25). The second-order valence-electron chi connectivity index (χ2n) is 8.31. The fourth-order valence-corrected chi connectivity index (χ4v) is 3.41. The van der Waals surface area contributed by atoms with E-state index in [1.54, 1.807) is 20.8 Å². The molecule has 2 heterocycles. The smallest absolute Gasteiger partial charge is 0.410 e. The SMILES string of the molecule is CC(C)(C)OC(=O)N1CCCC1C(=O)NC1CC(=O)OC1OCc1ccccc1. The fourth-order valence-electron chi connectivity index (χ4n) is 3.41. The number of carbonyl (C=O) groups excluding carboxylic acids is 3. The van der Waals surface area contributed by atoms with Crippen molar-refractivity contribution in [3.8, 4) is 0 Å². The van der Waals surface area contributed by atoms with Crippen LogP contribution in [0.1, 0.15) is 45.6 Å². The van der Waals surface area contributed by atoms with Crippen LogP contribution < -0.4 is 5.32 Å². The maximum atomic E-state index is 12.8. The molecule has 0 saturated carbocycles. The van der Waals surface area contributed by atoms with Crippen LogP contribution in [0.2, 0.25) is 0 Å². The average molecular weight is 404 g/mol. The third-order valence-electron chi connectivity index (χ3n) is 4.73. The molecule has 3 atom stereocenters. The number of nitrogens with one attached hydrogen (secondary N) is 1. The van der Waals surface area contributed by atoms with Crippen molar-refractivity contribution >= 4 is 18.0 Å². The van der Waals surface area contributed by atoms with Crippen LogP contribution in [0.25, 0.3) is 0 Å². The Morgan fingerprint density at radius 1 is 1.24 bits per heavy atom. The lowest BCUT2D eigenvalue weighted by Crippen LogP contribution is -2.51. The van der Waals surface area contributed by atoms with Crippen molar-refractivity contribution in [1.82, 2.24) is 10.2 Å². The number of esters is 1. The molecule has 2 aliphatic heterocycles. The van der Waals surface area contributed by atoms with Crippen molar-refractivity contribution in [3.63, 3.8) is 0 Å². The maximum Gasteiger partial charge on any atom is 0.410 e. The molecule has 1 aromatic rings. The Morgan fingerprint density at radius 2 is 1.97 bits per heavy atom. The van der Waals surface area contributed by atoms with Crippen LogP contribution in [0.4, 0.5) is 4.79 Å². The molecule has 2 fully saturated rings. The predicted molar refractivity (Wildman–Crippen MR) is 104 cm³/mol. The Balaban J connectivity index is 1.58. The van der Waals surface area contributed by atoms with Crippen LogP contribution in [0.3, 0.4) is 0 Å². The summed E-state index contributed by atoms with van der Waals surface area (Å²) in [6, 6.07) is 8.27. The van der Waals surface area contributed by atoms with Gasteiger partial charge in [0.25, 0.3) is 0 Å². The van der Waals surface area contributed by atoms with Crippen molar-refractivity contribution in [3.05, 3.63) is 35.9 Å². The zero-order valence-corrected chi connectivity index (χ0v) is 17.1. The molecule has 3 rings (SSSR count). The van der Waals surface area contributed by atoms with E-state index in [4.69, 9.17) is 14.2 Å². The second kappa shape index (κ2) is 8.82. The first-order chi connectivity index (χ1) is 13.7. The van der Waals surface area contributed by atoms with Crippen molar-refractivity contribution in [2.45, 2.75) is 70.6 Å². The van der Waals surface area contributed by atoms with Crippen molar-refractivity contribution < 1.29 is 28.6 Å². The quantitative estimate of drug-likeness (QED) is 0.757. The van der Waals surface area contributed by atoms with Crippen LogP contribution >= 0.6 is 0 Å². The van der Waals surface area contributed by atoms with Gasteiger partial charge in [0, 0.05) is 6.54 Å². The van der Waals surface area contributed by atoms with Gasteiger partial charge in [0.1, 0.15) is 17.7 Å². The average Bonchev–Trinajstić information content (AvgIpc) is 3.26. The summed E-state index contributed by atoms with van der Waals surface area (Å²) >= 11 is 0. The lowest BCUT2D eigenvalue weighted by atomic mass is 10.1. The molecule has 2 amide bonds. The summed E-state index contributed by atoms with van der Waals surface area (Å²) in [5.41, 5.74) is 0.301. The third kappa shape index (κ3) is 5.69. The molecule has 29 heavy (non-hydrogen) atoms. The van der Waals surface area contributed by atoms with Crippen LogP contribution in [-0.2, 0) is 30.4 Å². The third-order valence-corrected chi connectivity index (χ3v) is 4.73. The van der Waals surface area contributed by atoms with Gasteiger partial charge in [0.05, 0.1) is 13.0 Å². The van der Waals surface area contributed by atoms with Gasteiger partial charge in [-0.15, -0.1) is 0 Å². The van der Waals surface area contributed by atoms with Gasteiger partial charge in [-0.1, -0.05) is 30.3 Å². The Bertz CT molecular complexity index is 745. The highest BCUT2D eigenvalue weighted by molar-refractivity contribution is 5.87. The van der Waals surface area contributed by atoms with Crippen LogP contribution in [0.5, 0.6) is 0 Å². The lowest BCUT2D eigenvalue weighted by Gasteiger charge is -2.29. The molecule has 8 heteroatoms. The van der Waals surface area contributed by atoms with E-state index in [9.17, 15) is 14.4 Å². The first kappa shape index (κ1) is 21.1. The second-order valence-corrected chi connectivity index (χ2v) is 8.31. The van der Waals surface area contributed by atoms with Gasteiger partial charge in [0.2, 0.25) is 12.2 Å². The normalized spacial score (nSPS) is 24.3. The summed E-state index contributed by atoms with van der Waals surface area (Å²) in [6.45, 7) is 6.07. The molecular formula is C21H28N2O6. The molecule has 0 bridgehead atoms. The van der Waals surface area contributed by atoms with E-state index in [1.807, 2.05) is 30.3 Å². The highest BCUT2D eigenvalue weighted by Crippen LogP contribution is 2.23. The van der Waals surface area contributed by atoms with Gasteiger partial charge in [-0.25, -0.2) is 4.79 Å². The minimum Gasteiger partial charge on any atom is -0.444 e. The van der Waals surface area contributed by atoms with Crippen LogP contribution in [0, 0.1) is 0 Å². The highest BCUT2D eigenvalue weighted by atomic mass is 16.7. The van der Waals surface area contributed by atoms with Crippen molar-refractivity contribution in [2.75, 3.05) is 6.54 Å². The maximum absolute atomic E-state index is 12.8. The number of cyclic esters (lactones) is 1. The number of hydrogen-bond donors (Lipinski definition) is 1. The first-order valence-electron chi connectivity index (χ1n) is 9.88. The van der Waals surface area contributed by atoms with Gasteiger partial charge in [0.15, 0.2) is 0 Å². The summed E-state index contributed by atoms with van der Waals surface area (Å²) < 4.78 is 16.3. The van der Waals surface area contributed by atoms with E-state index >= 15 is 0 Å². The Morgan fingerprint density at radius 3 is 2.66 bits per heavy atom. The van der Waals surface area contributed by atoms with Gasteiger partial charge >= 0.3 is 12.1 Å². The van der Waals surface area contributed by atoms with Crippen molar-refractivity contribution in [1.29, 1.82) is 0 Å². The predicted octanol–water partition coefficient (Wildman–Crippen LogP) is 2.36. The van der Waals surface area contributed by atoms with Gasteiger partial charge in [-0.05, 0) is 39.2 Å². The Kier molecular flexibility index (Phi) is 6.42. The summed E-state index contributed by atoms with van der Waals surface area (Å²) in [4.78, 5) is 38.4. The summed E-state index contributed by atoms with van der Waals surface area (Å²) in [6.07, 6.45) is -0.0773. The van der Waals surface area contributed by atoms with Gasteiger partial charge < -0.3 is 19.5 Å². The van der Waals surface area contributed by atoms with E-state index in [1.165, 1.54) is 4.90 Å². The van der Waals surface area contributed by atoms with Crippen LogP contribution in [-0.4, -0.2) is 53.4 Å². The Labute approximate surface area is 170 Å².